The number of benzene rings is 1. The van der Waals surface area contributed by atoms with E-state index in [1.54, 1.807) is 4.90 Å². The maximum atomic E-state index is 11.4. The zero-order valence-corrected chi connectivity index (χ0v) is 11.7. The molecule has 2 rings (SSSR count). The summed E-state index contributed by atoms with van der Waals surface area (Å²) < 4.78 is 0. The second kappa shape index (κ2) is 6.37. The quantitative estimate of drug-likeness (QED) is 0.668. The average Bonchev–Trinajstić information content (AvgIpc) is 2.74. The molecule has 118 valence electrons. The Morgan fingerprint density at radius 3 is 2.09 bits per heavy atom. The first kappa shape index (κ1) is 15.7. The lowest BCUT2D eigenvalue weighted by atomic mass is 10.1. The van der Waals surface area contributed by atoms with E-state index in [4.69, 9.17) is 0 Å². The molecule has 1 N–H and O–H groups in total. The molecule has 0 spiro atoms. The molecule has 1 aromatic carbocycles. The summed E-state index contributed by atoms with van der Waals surface area (Å²) in [6.07, 6.45) is 3.54. The van der Waals surface area contributed by atoms with Crippen LogP contribution in [0.2, 0.25) is 0 Å². The van der Waals surface area contributed by atoms with Gasteiger partial charge in [-0.15, -0.1) is 0 Å². The number of carboxylic acid groups (broad SMARTS) is 1. The van der Waals surface area contributed by atoms with Crippen LogP contribution in [0, 0.1) is 20.2 Å². The molecule has 1 aliphatic heterocycles. The number of aromatic carboxylic acids is 1. The van der Waals surface area contributed by atoms with Crippen LogP contribution < -0.4 is 4.90 Å². The van der Waals surface area contributed by atoms with Crippen molar-refractivity contribution in [2.75, 3.05) is 18.0 Å². The van der Waals surface area contributed by atoms with E-state index in [2.05, 4.69) is 0 Å². The van der Waals surface area contributed by atoms with Crippen molar-refractivity contribution in [3.63, 3.8) is 0 Å². The van der Waals surface area contributed by atoms with E-state index < -0.39 is 32.8 Å². The standard InChI is InChI=1S/C13H15N3O6/c17-13(18)10-7-9(15(19)20)8-11(16(21)22)12(10)14-5-3-1-2-4-6-14/h7-8H,1-6H2,(H,17,18). The SMILES string of the molecule is O=C(O)c1cc([N+](=O)[O-])cc([N+](=O)[O-])c1N1CCCCCC1. The van der Waals surface area contributed by atoms with Crippen LogP contribution >= 0.6 is 0 Å². The second-order valence-electron chi connectivity index (χ2n) is 5.08. The van der Waals surface area contributed by atoms with Gasteiger partial charge in [-0.2, -0.15) is 0 Å². The van der Waals surface area contributed by atoms with E-state index in [1.165, 1.54) is 0 Å². The highest BCUT2D eigenvalue weighted by molar-refractivity contribution is 5.98. The van der Waals surface area contributed by atoms with Gasteiger partial charge in [0.2, 0.25) is 0 Å². The van der Waals surface area contributed by atoms with Crippen molar-refractivity contribution in [1.82, 2.24) is 0 Å². The number of rotatable bonds is 4. The van der Waals surface area contributed by atoms with Gasteiger partial charge in [0, 0.05) is 19.2 Å². The Hall–Kier alpha value is -2.71. The van der Waals surface area contributed by atoms with E-state index in [0.717, 1.165) is 37.8 Å². The third kappa shape index (κ3) is 3.13. The van der Waals surface area contributed by atoms with Crippen LogP contribution in [0.4, 0.5) is 17.1 Å². The predicted molar refractivity (Wildman–Crippen MR) is 77.4 cm³/mol. The number of hydrogen-bond donors (Lipinski definition) is 1. The summed E-state index contributed by atoms with van der Waals surface area (Å²) in [5, 5.41) is 31.4. The molecule has 1 fully saturated rings. The smallest absolute Gasteiger partial charge is 0.338 e. The van der Waals surface area contributed by atoms with Crippen molar-refractivity contribution in [1.29, 1.82) is 0 Å². The van der Waals surface area contributed by atoms with E-state index in [0.29, 0.717) is 13.1 Å². The monoisotopic (exact) mass is 309 g/mol. The van der Waals surface area contributed by atoms with Gasteiger partial charge >= 0.3 is 5.97 Å². The number of nitro groups is 2. The van der Waals surface area contributed by atoms with Crippen LogP contribution in [0.3, 0.4) is 0 Å². The molecule has 22 heavy (non-hydrogen) atoms. The normalized spacial score (nSPS) is 15.2. The van der Waals surface area contributed by atoms with Gasteiger partial charge in [0.05, 0.1) is 21.5 Å². The van der Waals surface area contributed by atoms with E-state index in [1.807, 2.05) is 0 Å². The molecule has 1 aliphatic rings. The Balaban J connectivity index is 2.64. The molecule has 9 nitrogen and oxygen atoms in total. The molecule has 0 aromatic heterocycles. The first-order chi connectivity index (χ1) is 10.4. The molecular formula is C13H15N3O6. The summed E-state index contributed by atoms with van der Waals surface area (Å²) in [6.45, 7) is 0.998. The largest absolute Gasteiger partial charge is 0.478 e. The molecule has 0 aliphatic carbocycles. The number of nitrogens with zero attached hydrogens (tertiary/aromatic N) is 3. The summed E-state index contributed by atoms with van der Waals surface area (Å²) in [5.41, 5.74) is -1.57. The lowest BCUT2D eigenvalue weighted by Crippen LogP contribution is -2.27. The van der Waals surface area contributed by atoms with Crippen LogP contribution in [-0.2, 0) is 0 Å². The Morgan fingerprint density at radius 1 is 1.05 bits per heavy atom. The fourth-order valence-corrected chi connectivity index (χ4v) is 2.64. The van der Waals surface area contributed by atoms with Crippen LogP contribution in [0.5, 0.6) is 0 Å². The fraction of sp³-hybridized carbons (Fsp3) is 0.462. The summed E-state index contributed by atoms with van der Waals surface area (Å²) in [7, 11) is 0. The number of carbonyl (C=O) groups is 1. The van der Waals surface area contributed by atoms with E-state index >= 15 is 0 Å². The number of nitro benzene ring substituents is 2. The number of carboxylic acids is 1. The fourth-order valence-electron chi connectivity index (χ4n) is 2.64. The average molecular weight is 309 g/mol. The van der Waals surface area contributed by atoms with Crippen LogP contribution in [0.15, 0.2) is 12.1 Å². The van der Waals surface area contributed by atoms with Crippen molar-refractivity contribution in [3.8, 4) is 0 Å². The van der Waals surface area contributed by atoms with Crippen molar-refractivity contribution in [3.05, 3.63) is 37.9 Å². The molecule has 0 atom stereocenters. The zero-order valence-electron chi connectivity index (χ0n) is 11.7. The number of non-ortho nitro benzene ring substituents is 1. The van der Waals surface area contributed by atoms with Crippen LogP contribution in [0.1, 0.15) is 36.0 Å². The highest BCUT2D eigenvalue weighted by Crippen LogP contribution is 2.37. The lowest BCUT2D eigenvalue weighted by molar-refractivity contribution is -0.393. The summed E-state index contributed by atoms with van der Waals surface area (Å²) in [4.78, 5) is 33.6. The highest BCUT2D eigenvalue weighted by Gasteiger charge is 2.31. The molecule has 1 aromatic rings. The maximum absolute atomic E-state index is 11.4. The van der Waals surface area contributed by atoms with Gasteiger partial charge in [-0.25, -0.2) is 4.79 Å². The summed E-state index contributed by atoms with van der Waals surface area (Å²) in [6, 6.07) is 1.71. The van der Waals surface area contributed by atoms with Crippen molar-refractivity contribution in [2.24, 2.45) is 0 Å². The molecule has 0 amide bonds. The molecule has 0 bridgehead atoms. The second-order valence-corrected chi connectivity index (χ2v) is 5.08. The molecule has 0 saturated carbocycles. The van der Waals surface area contributed by atoms with Crippen LogP contribution in [-0.4, -0.2) is 34.0 Å². The number of hydrogen-bond acceptors (Lipinski definition) is 6. The molecule has 9 heteroatoms. The third-order valence-electron chi connectivity index (χ3n) is 3.63. The van der Waals surface area contributed by atoms with Gasteiger partial charge in [0.15, 0.2) is 0 Å². The molecule has 0 unspecified atom stereocenters. The van der Waals surface area contributed by atoms with Gasteiger partial charge in [-0.1, -0.05) is 12.8 Å². The minimum atomic E-state index is -1.41. The molecule has 1 heterocycles. The van der Waals surface area contributed by atoms with Gasteiger partial charge in [0.1, 0.15) is 5.69 Å². The number of anilines is 1. The van der Waals surface area contributed by atoms with Gasteiger partial charge < -0.3 is 10.0 Å². The Labute approximate surface area is 125 Å². The first-order valence-electron chi connectivity index (χ1n) is 6.87. The molecular weight excluding hydrogens is 294 g/mol. The first-order valence-corrected chi connectivity index (χ1v) is 6.87. The Kier molecular flexibility index (Phi) is 4.54. The minimum Gasteiger partial charge on any atom is -0.478 e. The zero-order chi connectivity index (χ0) is 16.3. The highest BCUT2D eigenvalue weighted by atomic mass is 16.6. The lowest BCUT2D eigenvalue weighted by Gasteiger charge is -2.23. The van der Waals surface area contributed by atoms with Crippen LogP contribution in [0.25, 0.3) is 0 Å². The summed E-state index contributed by atoms with van der Waals surface area (Å²) >= 11 is 0. The third-order valence-corrected chi connectivity index (χ3v) is 3.63. The molecule has 0 radical (unpaired) electrons. The van der Waals surface area contributed by atoms with Crippen molar-refractivity contribution >= 4 is 23.0 Å². The van der Waals surface area contributed by atoms with E-state index in [9.17, 15) is 30.1 Å². The Bertz CT molecular complexity index is 587. The van der Waals surface area contributed by atoms with E-state index in [-0.39, 0.29) is 5.69 Å². The van der Waals surface area contributed by atoms with Gasteiger partial charge in [-0.05, 0) is 12.8 Å². The van der Waals surface area contributed by atoms with Gasteiger partial charge in [0.25, 0.3) is 11.4 Å². The Morgan fingerprint density at radius 2 is 1.64 bits per heavy atom. The molecule has 1 saturated heterocycles. The minimum absolute atomic E-state index is 0.0370. The predicted octanol–water partition coefficient (Wildman–Crippen LogP) is 2.58. The van der Waals surface area contributed by atoms with Crippen molar-refractivity contribution < 1.29 is 19.7 Å². The summed E-state index contributed by atoms with van der Waals surface area (Å²) in [5.74, 6) is -1.41. The maximum Gasteiger partial charge on any atom is 0.338 e. The van der Waals surface area contributed by atoms with Gasteiger partial charge in [-0.3, -0.25) is 20.2 Å². The topological polar surface area (TPSA) is 127 Å². The van der Waals surface area contributed by atoms with Crippen molar-refractivity contribution in [2.45, 2.75) is 25.7 Å².